The van der Waals surface area contributed by atoms with Crippen molar-refractivity contribution in [3.05, 3.63) is 50.9 Å². The minimum Gasteiger partial charge on any atom is -0.497 e. The molecule has 1 atom stereocenters. The second-order valence-electron chi connectivity index (χ2n) is 8.53. The Labute approximate surface area is 186 Å². The molecule has 2 aliphatic heterocycles. The molecule has 1 aromatic carbocycles. The largest absolute Gasteiger partial charge is 0.497 e. The number of aromatic amines is 1. The summed E-state index contributed by atoms with van der Waals surface area (Å²) >= 11 is 0. The van der Waals surface area contributed by atoms with Gasteiger partial charge in [0, 0.05) is 42.4 Å². The summed E-state index contributed by atoms with van der Waals surface area (Å²) in [5, 5.41) is 3.34. The second kappa shape index (κ2) is 8.33. The van der Waals surface area contributed by atoms with Crippen LogP contribution in [0.3, 0.4) is 0 Å². The Morgan fingerprint density at radius 3 is 2.59 bits per heavy atom. The third-order valence-electron chi connectivity index (χ3n) is 6.65. The molecule has 32 heavy (non-hydrogen) atoms. The number of aromatic nitrogens is 2. The number of benzene rings is 1. The summed E-state index contributed by atoms with van der Waals surface area (Å²) in [5.41, 5.74) is 2.50. The van der Waals surface area contributed by atoms with E-state index in [0.29, 0.717) is 40.8 Å². The fraction of sp³-hybridized carbons (Fsp3) is 0.458. The second-order valence-corrected chi connectivity index (χ2v) is 8.53. The van der Waals surface area contributed by atoms with Gasteiger partial charge in [-0.25, -0.2) is 0 Å². The number of piperidine rings is 1. The molecule has 0 unspecified atom stereocenters. The lowest BCUT2D eigenvalue weighted by atomic mass is 9.76. The monoisotopic (exact) mass is 436 g/mol. The van der Waals surface area contributed by atoms with E-state index in [1.165, 1.54) is 6.42 Å². The number of Topliss-reactive ketones (excluding diaryl/α,β-unsaturated/α-hetero) is 1. The highest BCUT2D eigenvalue weighted by atomic mass is 16.5. The Kier molecular flexibility index (Phi) is 5.36. The third kappa shape index (κ3) is 3.43. The summed E-state index contributed by atoms with van der Waals surface area (Å²) in [7, 11) is 3.18. The molecular formula is C24H28N4O4. The summed E-state index contributed by atoms with van der Waals surface area (Å²) in [4.78, 5) is 36.5. The van der Waals surface area contributed by atoms with Crippen molar-refractivity contribution in [3.63, 3.8) is 0 Å². The predicted molar refractivity (Wildman–Crippen MR) is 122 cm³/mol. The molecule has 0 saturated carbocycles. The zero-order valence-corrected chi connectivity index (χ0v) is 18.5. The van der Waals surface area contributed by atoms with Crippen LogP contribution in [0.1, 0.15) is 55.6 Å². The SMILES string of the molecule is COc1ccc([C@H]2C3=C(CCCC3=O)Nc3nc(N4CCCCC4)[nH]c(=O)c32)c(OC)c1. The molecular weight excluding hydrogens is 408 g/mol. The van der Waals surface area contributed by atoms with Crippen LogP contribution in [0, 0.1) is 0 Å². The summed E-state index contributed by atoms with van der Waals surface area (Å²) in [6.07, 6.45) is 5.38. The topological polar surface area (TPSA) is 96.5 Å². The molecule has 3 heterocycles. The number of nitrogens with one attached hydrogen (secondary N) is 2. The van der Waals surface area contributed by atoms with E-state index in [1.54, 1.807) is 20.3 Å². The molecule has 0 bridgehead atoms. The maximum absolute atomic E-state index is 13.5. The number of H-pyrrole nitrogens is 1. The van der Waals surface area contributed by atoms with Crippen molar-refractivity contribution in [2.24, 2.45) is 0 Å². The number of rotatable bonds is 4. The Balaban J connectivity index is 1.69. The van der Waals surface area contributed by atoms with Crippen LogP contribution in [0.4, 0.5) is 11.8 Å². The standard InChI is InChI=1S/C24H28N4O4/c1-31-14-9-10-15(18(13-14)32-2)19-20-16(7-6-8-17(20)29)25-22-21(19)23(30)27-24(26-22)28-11-4-3-5-12-28/h9-10,13,19H,3-8,11-12H2,1-2H3,(H2,25,26,27,30)/t19-/m0/s1. The molecule has 0 radical (unpaired) electrons. The molecule has 3 aliphatic rings. The Morgan fingerprint density at radius 1 is 1.03 bits per heavy atom. The van der Waals surface area contributed by atoms with Crippen LogP contribution >= 0.6 is 0 Å². The van der Waals surface area contributed by atoms with Gasteiger partial charge in [0.2, 0.25) is 5.95 Å². The van der Waals surface area contributed by atoms with Gasteiger partial charge in [0.1, 0.15) is 17.3 Å². The molecule has 1 saturated heterocycles. The van der Waals surface area contributed by atoms with Crippen LogP contribution in [0.25, 0.3) is 0 Å². The van der Waals surface area contributed by atoms with Gasteiger partial charge in [-0.3, -0.25) is 14.6 Å². The van der Waals surface area contributed by atoms with Crippen molar-refractivity contribution in [3.8, 4) is 11.5 Å². The average Bonchev–Trinajstić information content (AvgIpc) is 2.83. The highest BCUT2D eigenvalue weighted by Crippen LogP contribution is 2.46. The fourth-order valence-electron chi connectivity index (χ4n) is 5.07. The van der Waals surface area contributed by atoms with Crippen LogP contribution in [-0.2, 0) is 4.79 Å². The number of ether oxygens (including phenoxy) is 2. The minimum absolute atomic E-state index is 0.0618. The number of hydrogen-bond donors (Lipinski definition) is 2. The number of allylic oxidation sites excluding steroid dienone is 2. The van der Waals surface area contributed by atoms with Crippen LogP contribution in [0.5, 0.6) is 11.5 Å². The van der Waals surface area contributed by atoms with Crippen molar-refractivity contribution in [2.45, 2.75) is 44.4 Å². The Hall–Kier alpha value is -3.29. The van der Waals surface area contributed by atoms with Gasteiger partial charge in [-0.15, -0.1) is 0 Å². The number of fused-ring (bicyclic) bond motifs is 1. The van der Waals surface area contributed by atoms with Crippen molar-refractivity contribution in [1.29, 1.82) is 0 Å². The molecule has 1 fully saturated rings. The lowest BCUT2D eigenvalue weighted by Gasteiger charge is -2.34. The van der Waals surface area contributed by atoms with E-state index in [1.807, 2.05) is 12.1 Å². The van der Waals surface area contributed by atoms with Crippen LogP contribution in [-0.4, -0.2) is 43.1 Å². The van der Waals surface area contributed by atoms with Gasteiger partial charge in [0.05, 0.1) is 25.7 Å². The lowest BCUT2D eigenvalue weighted by molar-refractivity contribution is -0.116. The Morgan fingerprint density at radius 2 is 1.84 bits per heavy atom. The van der Waals surface area contributed by atoms with Crippen LogP contribution in [0.2, 0.25) is 0 Å². The number of anilines is 2. The van der Waals surface area contributed by atoms with Crippen molar-refractivity contribution < 1.29 is 14.3 Å². The van der Waals surface area contributed by atoms with Crippen molar-refractivity contribution >= 4 is 17.5 Å². The number of carbonyl (C=O) groups is 1. The third-order valence-corrected chi connectivity index (χ3v) is 6.65. The van der Waals surface area contributed by atoms with Gasteiger partial charge in [-0.05, 0) is 38.2 Å². The molecule has 0 amide bonds. The first kappa shape index (κ1) is 20.6. The van der Waals surface area contributed by atoms with Gasteiger partial charge < -0.3 is 19.7 Å². The van der Waals surface area contributed by atoms with E-state index in [4.69, 9.17) is 14.5 Å². The molecule has 8 nitrogen and oxygen atoms in total. The lowest BCUT2D eigenvalue weighted by Crippen LogP contribution is -2.36. The van der Waals surface area contributed by atoms with Crippen molar-refractivity contribution in [2.75, 3.05) is 37.5 Å². The number of methoxy groups -OCH3 is 2. The smallest absolute Gasteiger partial charge is 0.258 e. The zero-order valence-electron chi connectivity index (χ0n) is 18.5. The maximum atomic E-state index is 13.5. The number of hydrogen-bond acceptors (Lipinski definition) is 7. The fourth-order valence-corrected chi connectivity index (χ4v) is 5.07. The van der Waals surface area contributed by atoms with Gasteiger partial charge in [0.25, 0.3) is 5.56 Å². The van der Waals surface area contributed by atoms with E-state index in [9.17, 15) is 9.59 Å². The average molecular weight is 437 g/mol. The highest BCUT2D eigenvalue weighted by Gasteiger charge is 2.39. The van der Waals surface area contributed by atoms with Gasteiger partial charge in [0.15, 0.2) is 5.78 Å². The normalized spacial score (nSPS) is 20.4. The van der Waals surface area contributed by atoms with E-state index >= 15 is 0 Å². The first-order valence-corrected chi connectivity index (χ1v) is 11.2. The van der Waals surface area contributed by atoms with E-state index in [2.05, 4.69) is 15.2 Å². The molecule has 5 rings (SSSR count). The number of carbonyl (C=O) groups excluding carboxylic acids is 1. The maximum Gasteiger partial charge on any atom is 0.258 e. The quantitative estimate of drug-likeness (QED) is 0.759. The summed E-state index contributed by atoms with van der Waals surface area (Å²) < 4.78 is 11.0. The molecule has 0 spiro atoms. The minimum atomic E-state index is -0.540. The molecule has 1 aromatic heterocycles. The predicted octanol–water partition coefficient (Wildman–Crippen LogP) is 3.34. The Bertz CT molecular complexity index is 1150. The van der Waals surface area contributed by atoms with Crippen LogP contribution < -0.4 is 25.2 Å². The van der Waals surface area contributed by atoms with E-state index in [0.717, 1.165) is 50.0 Å². The van der Waals surface area contributed by atoms with Gasteiger partial charge >= 0.3 is 0 Å². The number of nitrogens with zero attached hydrogens (tertiary/aromatic N) is 2. The summed E-state index contributed by atoms with van der Waals surface area (Å²) in [6.45, 7) is 1.76. The van der Waals surface area contributed by atoms with Crippen molar-refractivity contribution in [1.82, 2.24) is 9.97 Å². The highest BCUT2D eigenvalue weighted by molar-refractivity contribution is 6.01. The molecule has 1 aliphatic carbocycles. The first-order chi connectivity index (χ1) is 15.6. The molecule has 2 N–H and O–H groups in total. The molecule has 2 aromatic rings. The van der Waals surface area contributed by atoms with Crippen LogP contribution in [0.15, 0.2) is 34.3 Å². The zero-order chi connectivity index (χ0) is 22.2. The number of ketones is 1. The van der Waals surface area contributed by atoms with E-state index in [-0.39, 0.29) is 11.3 Å². The van der Waals surface area contributed by atoms with Gasteiger partial charge in [-0.2, -0.15) is 4.98 Å². The molecule has 168 valence electrons. The summed E-state index contributed by atoms with van der Waals surface area (Å²) in [6, 6.07) is 5.49. The first-order valence-electron chi connectivity index (χ1n) is 11.2. The summed E-state index contributed by atoms with van der Waals surface area (Å²) in [5.74, 6) is 1.87. The van der Waals surface area contributed by atoms with E-state index < -0.39 is 5.92 Å². The molecule has 8 heteroatoms. The van der Waals surface area contributed by atoms with Gasteiger partial charge in [-0.1, -0.05) is 6.07 Å².